The normalized spacial score (nSPS) is 10.9. The van der Waals surface area contributed by atoms with E-state index in [1.807, 2.05) is 0 Å². The van der Waals surface area contributed by atoms with E-state index >= 15 is 0 Å². The molecule has 8 heteroatoms. The molecule has 23 heavy (non-hydrogen) atoms. The van der Waals surface area contributed by atoms with Crippen molar-refractivity contribution < 1.29 is 36.6 Å². The fourth-order valence-electron chi connectivity index (χ4n) is 1.76. The number of allylic oxidation sites excluding steroid dienone is 1. The van der Waals surface area contributed by atoms with Crippen molar-refractivity contribution in [3.05, 3.63) is 41.2 Å². The van der Waals surface area contributed by atoms with Crippen LogP contribution < -0.4 is 0 Å². The SMILES string of the molecule is CCOC(=O)C(C(=O)OCC)=C(c1ccc(F)cc1)C(F)(F)F. The molecule has 0 radical (unpaired) electrons. The van der Waals surface area contributed by atoms with E-state index in [1.54, 1.807) is 0 Å². The quantitative estimate of drug-likeness (QED) is 0.273. The summed E-state index contributed by atoms with van der Waals surface area (Å²) in [6, 6.07) is 3.21. The molecule has 126 valence electrons. The van der Waals surface area contributed by atoms with E-state index < -0.39 is 40.6 Å². The first-order valence-electron chi connectivity index (χ1n) is 6.64. The van der Waals surface area contributed by atoms with Crippen LogP contribution in [-0.4, -0.2) is 31.3 Å². The van der Waals surface area contributed by atoms with Crippen LogP contribution in [0.5, 0.6) is 0 Å². The molecule has 0 aliphatic rings. The Kier molecular flexibility index (Phi) is 6.29. The van der Waals surface area contributed by atoms with Gasteiger partial charge in [0, 0.05) is 0 Å². The Balaban J connectivity index is 3.62. The molecular formula is C15H14F4O4. The van der Waals surface area contributed by atoms with Crippen LogP contribution in [0.4, 0.5) is 17.6 Å². The molecule has 0 N–H and O–H groups in total. The van der Waals surface area contributed by atoms with Gasteiger partial charge >= 0.3 is 18.1 Å². The minimum absolute atomic E-state index is 0.226. The van der Waals surface area contributed by atoms with Crippen LogP contribution >= 0.6 is 0 Å². The minimum Gasteiger partial charge on any atom is -0.462 e. The van der Waals surface area contributed by atoms with Gasteiger partial charge in [-0.15, -0.1) is 0 Å². The Morgan fingerprint density at radius 2 is 1.39 bits per heavy atom. The maximum absolute atomic E-state index is 13.4. The number of halogens is 4. The van der Waals surface area contributed by atoms with Crippen molar-refractivity contribution >= 4 is 17.5 Å². The molecular weight excluding hydrogens is 320 g/mol. The lowest BCUT2D eigenvalue weighted by atomic mass is 9.99. The Labute approximate surface area is 129 Å². The van der Waals surface area contributed by atoms with E-state index in [4.69, 9.17) is 0 Å². The number of hydrogen-bond donors (Lipinski definition) is 0. The third-order valence-electron chi connectivity index (χ3n) is 2.63. The predicted molar refractivity (Wildman–Crippen MR) is 72.6 cm³/mol. The van der Waals surface area contributed by atoms with Crippen molar-refractivity contribution in [2.75, 3.05) is 13.2 Å². The van der Waals surface area contributed by atoms with E-state index in [2.05, 4.69) is 9.47 Å². The maximum Gasteiger partial charge on any atom is 0.418 e. The Bertz CT molecular complexity index is 583. The summed E-state index contributed by atoms with van der Waals surface area (Å²) in [6.07, 6.45) is -5.05. The topological polar surface area (TPSA) is 52.6 Å². The van der Waals surface area contributed by atoms with Crippen LogP contribution in [0.2, 0.25) is 0 Å². The monoisotopic (exact) mass is 334 g/mol. The van der Waals surface area contributed by atoms with E-state index in [0.717, 1.165) is 24.3 Å². The first-order chi connectivity index (χ1) is 10.7. The number of hydrogen-bond acceptors (Lipinski definition) is 4. The van der Waals surface area contributed by atoms with Gasteiger partial charge in [-0.3, -0.25) is 0 Å². The highest BCUT2D eigenvalue weighted by Gasteiger charge is 2.42. The van der Waals surface area contributed by atoms with Crippen LogP contribution in [0.25, 0.3) is 5.57 Å². The lowest BCUT2D eigenvalue weighted by molar-refractivity contribution is -0.147. The average Bonchev–Trinajstić information content (AvgIpc) is 2.45. The zero-order valence-corrected chi connectivity index (χ0v) is 12.4. The van der Waals surface area contributed by atoms with E-state index in [1.165, 1.54) is 13.8 Å². The van der Waals surface area contributed by atoms with Crippen molar-refractivity contribution in [3.8, 4) is 0 Å². The van der Waals surface area contributed by atoms with Crippen LogP contribution in [0, 0.1) is 5.82 Å². The first kappa shape index (κ1) is 18.7. The molecule has 0 unspecified atom stereocenters. The third-order valence-corrected chi connectivity index (χ3v) is 2.63. The lowest BCUT2D eigenvalue weighted by Gasteiger charge is -2.16. The number of esters is 2. The number of benzene rings is 1. The fourth-order valence-corrected chi connectivity index (χ4v) is 1.76. The molecule has 0 bridgehead atoms. The molecule has 0 aliphatic carbocycles. The van der Waals surface area contributed by atoms with Gasteiger partial charge in [0.05, 0.1) is 18.8 Å². The molecule has 1 rings (SSSR count). The highest BCUT2D eigenvalue weighted by molar-refractivity contribution is 6.20. The predicted octanol–water partition coefficient (Wildman–Crippen LogP) is 3.27. The summed E-state index contributed by atoms with van der Waals surface area (Å²) in [7, 11) is 0. The average molecular weight is 334 g/mol. The van der Waals surface area contributed by atoms with Crippen LogP contribution in [-0.2, 0) is 19.1 Å². The Morgan fingerprint density at radius 3 is 1.74 bits per heavy atom. The summed E-state index contributed by atoms with van der Waals surface area (Å²) in [5.74, 6) is -3.67. The highest BCUT2D eigenvalue weighted by atomic mass is 19.4. The summed E-state index contributed by atoms with van der Waals surface area (Å²) in [6.45, 7) is 2.31. The molecule has 0 amide bonds. The molecule has 4 nitrogen and oxygen atoms in total. The van der Waals surface area contributed by atoms with Gasteiger partial charge in [-0.05, 0) is 31.5 Å². The van der Waals surface area contributed by atoms with Crippen molar-refractivity contribution in [2.45, 2.75) is 20.0 Å². The largest absolute Gasteiger partial charge is 0.462 e. The smallest absolute Gasteiger partial charge is 0.418 e. The van der Waals surface area contributed by atoms with Gasteiger partial charge in [0.2, 0.25) is 0 Å². The van der Waals surface area contributed by atoms with Crippen molar-refractivity contribution in [1.29, 1.82) is 0 Å². The summed E-state index contributed by atoms with van der Waals surface area (Å²) in [5.41, 5.74) is -3.35. The first-order valence-corrected chi connectivity index (χ1v) is 6.64. The molecule has 0 aliphatic heterocycles. The Morgan fingerprint density at radius 1 is 0.957 bits per heavy atom. The molecule has 0 spiro atoms. The van der Waals surface area contributed by atoms with Gasteiger partial charge in [-0.2, -0.15) is 13.2 Å². The van der Waals surface area contributed by atoms with Gasteiger partial charge in [-0.25, -0.2) is 14.0 Å². The second kappa shape index (κ2) is 7.75. The van der Waals surface area contributed by atoms with Crippen LogP contribution in [0.15, 0.2) is 29.8 Å². The zero-order valence-electron chi connectivity index (χ0n) is 12.4. The summed E-state index contributed by atoms with van der Waals surface area (Å²) in [5, 5.41) is 0. The summed E-state index contributed by atoms with van der Waals surface area (Å²) in [4.78, 5) is 23.7. The standard InChI is InChI=1S/C15H14F4O4/c1-3-22-13(20)11(14(21)23-4-2)12(15(17,18)19)9-5-7-10(16)8-6-9/h5-8H,3-4H2,1-2H3. The van der Waals surface area contributed by atoms with Gasteiger partial charge < -0.3 is 9.47 Å². The molecule has 0 saturated heterocycles. The minimum atomic E-state index is -5.05. The second-order valence-corrected chi connectivity index (χ2v) is 4.20. The zero-order chi connectivity index (χ0) is 17.6. The number of rotatable bonds is 5. The molecule has 0 heterocycles. The number of alkyl halides is 3. The lowest BCUT2D eigenvalue weighted by Crippen LogP contribution is -2.25. The summed E-state index contributed by atoms with van der Waals surface area (Å²) >= 11 is 0. The second-order valence-electron chi connectivity index (χ2n) is 4.20. The van der Waals surface area contributed by atoms with E-state index in [9.17, 15) is 27.2 Å². The summed E-state index contributed by atoms with van der Waals surface area (Å²) < 4.78 is 62.1. The fraction of sp³-hybridized carbons (Fsp3) is 0.333. The van der Waals surface area contributed by atoms with Gasteiger partial charge in [0.15, 0.2) is 5.57 Å². The highest BCUT2D eigenvalue weighted by Crippen LogP contribution is 2.37. The van der Waals surface area contributed by atoms with Gasteiger partial charge in [0.25, 0.3) is 0 Å². The molecule has 0 saturated carbocycles. The third kappa shape index (κ3) is 4.80. The van der Waals surface area contributed by atoms with Gasteiger partial charge in [-0.1, -0.05) is 12.1 Å². The number of carbonyl (C=O) groups excluding carboxylic acids is 2. The van der Waals surface area contributed by atoms with Crippen molar-refractivity contribution in [2.24, 2.45) is 0 Å². The molecule has 1 aromatic rings. The molecule has 0 fully saturated rings. The number of ether oxygens (including phenoxy) is 2. The van der Waals surface area contributed by atoms with E-state index in [-0.39, 0.29) is 13.2 Å². The van der Waals surface area contributed by atoms with Crippen molar-refractivity contribution in [3.63, 3.8) is 0 Å². The molecule has 1 aromatic carbocycles. The van der Waals surface area contributed by atoms with Crippen LogP contribution in [0.1, 0.15) is 19.4 Å². The maximum atomic E-state index is 13.4. The molecule has 0 aromatic heterocycles. The molecule has 0 atom stereocenters. The Hall–Kier alpha value is -2.38. The van der Waals surface area contributed by atoms with Gasteiger partial charge in [0.1, 0.15) is 5.82 Å². The van der Waals surface area contributed by atoms with Crippen molar-refractivity contribution in [1.82, 2.24) is 0 Å². The van der Waals surface area contributed by atoms with Crippen LogP contribution in [0.3, 0.4) is 0 Å². The van der Waals surface area contributed by atoms with E-state index in [0.29, 0.717) is 0 Å². The number of carbonyl (C=O) groups is 2.